The molecule has 0 unspecified atom stereocenters. The Morgan fingerprint density at radius 2 is 1.79 bits per heavy atom. The van der Waals surface area contributed by atoms with Gasteiger partial charge in [-0.25, -0.2) is 4.79 Å². The normalized spacial score (nSPS) is 10.2. The molecule has 0 radical (unpaired) electrons. The fourth-order valence-electron chi connectivity index (χ4n) is 2.14. The number of urea groups is 1. The number of carbonyl (C=O) groups excluding carboxylic acids is 1. The number of ether oxygens (including phenoxy) is 2. The van der Waals surface area contributed by atoms with Crippen molar-refractivity contribution in [3.8, 4) is 5.75 Å². The molecule has 0 aliphatic carbocycles. The Morgan fingerprint density at radius 1 is 1.04 bits per heavy atom. The van der Waals surface area contributed by atoms with E-state index < -0.39 is 0 Å². The molecule has 2 aromatic rings. The van der Waals surface area contributed by atoms with Gasteiger partial charge in [-0.15, -0.1) is 0 Å². The fraction of sp³-hybridized carbons (Fsp3) is 0.316. The van der Waals surface area contributed by atoms with Gasteiger partial charge in [0.15, 0.2) is 0 Å². The number of hydrogen-bond donors (Lipinski definition) is 2. The van der Waals surface area contributed by atoms with Crippen molar-refractivity contribution in [2.45, 2.75) is 19.9 Å². The van der Waals surface area contributed by atoms with E-state index in [0.29, 0.717) is 31.2 Å². The summed E-state index contributed by atoms with van der Waals surface area (Å²) < 4.78 is 10.7. The van der Waals surface area contributed by atoms with Crippen LogP contribution in [0.25, 0.3) is 0 Å². The Kier molecular flexibility index (Phi) is 7.11. The van der Waals surface area contributed by atoms with Crippen molar-refractivity contribution in [1.82, 2.24) is 5.32 Å². The lowest BCUT2D eigenvalue weighted by molar-refractivity contribution is 0.172. The fourth-order valence-corrected chi connectivity index (χ4v) is 2.14. The van der Waals surface area contributed by atoms with Gasteiger partial charge in [-0.1, -0.05) is 42.0 Å². The van der Waals surface area contributed by atoms with E-state index in [2.05, 4.69) is 10.6 Å². The molecule has 2 N–H and O–H groups in total. The summed E-state index contributed by atoms with van der Waals surface area (Å²) in [5, 5.41) is 5.67. The molecule has 0 spiro atoms. The van der Waals surface area contributed by atoms with Crippen molar-refractivity contribution in [3.05, 3.63) is 59.7 Å². The van der Waals surface area contributed by atoms with Crippen LogP contribution in [0.1, 0.15) is 17.5 Å². The van der Waals surface area contributed by atoms with E-state index in [1.165, 1.54) is 5.56 Å². The maximum atomic E-state index is 12.1. The number of methoxy groups -OCH3 is 1. The van der Waals surface area contributed by atoms with Crippen molar-refractivity contribution in [1.29, 1.82) is 0 Å². The first-order chi connectivity index (χ1) is 11.7. The molecule has 0 aromatic heterocycles. The SMILES string of the molecule is COCCCOc1ccccc1NC(=O)NCc1ccc(C)cc1. The lowest BCUT2D eigenvalue weighted by Gasteiger charge is -2.13. The summed E-state index contributed by atoms with van der Waals surface area (Å²) in [5.41, 5.74) is 2.90. The maximum absolute atomic E-state index is 12.1. The van der Waals surface area contributed by atoms with Crippen LogP contribution in [0.5, 0.6) is 5.75 Å². The monoisotopic (exact) mass is 328 g/mol. The molecule has 24 heavy (non-hydrogen) atoms. The first kappa shape index (κ1) is 17.8. The molecule has 5 nitrogen and oxygen atoms in total. The summed E-state index contributed by atoms with van der Waals surface area (Å²) in [6, 6.07) is 15.2. The average molecular weight is 328 g/mol. The van der Waals surface area contributed by atoms with Gasteiger partial charge >= 0.3 is 6.03 Å². The van der Waals surface area contributed by atoms with E-state index in [-0.39, 0.29) is 6.03 Å². The first-order valence-electron chi connectivity index (χ1n) is 8.00. The molecule has 0 fully saturated rings. The number of aryl methyl sites for hydroxylation is 1. The standard InChI is InChI=1S/C19H24N2O3/c1-15-8-10-16(11-9-15)14-20-19(22)21-17-6-3-4-7-18(17)24-13-5-12-23-2/h3-4,6-11H,5,12-14H2,1-2H3,(H2,20,21,22). The lowest BCUT2D eigenvalue weighted by Crippen LogP contribution is -2.28. The Hall–Kier alpha value is -2.53. The summed E-state index contributed by atoms with van der Waals surface area (Å²) in [6.07, 6.45) is 0.796. The van der Waals surface area contributed by atoms with Crippen LogP contribution in [0.4, 0.5) is 10.5 Å². The van der Waals surface area contributed by atoms with E-state index in [1.807, 2.05) is 55.5 Å². The number of amides is 2. The van der Waals surface area contributed by atoms with Gasteiger partial charge in [0.05, 0.1) is 12.3 Å². The molecular formula is C19H24N2O3. The van der Waals surface area contributed by atoms with Crippen molar-refractivity contribution in [2.75, 3.05) is 25.6 Å². The van der Waals surface area contributed by atoms with Gasteiger partial charge in [-0.2, -0.15) is 0 Å². The van der Waals surface area contributed by atoms with Crippen LogP contribution < -0.4 is 15.4 Å². The second kappa shape index (κ2) is 9.57. The predicted molar refractivity (Wildman–Crippen MR) is 95.5 cm³/mol. The third-order valence-electron chi connectivity index (χ3n) is 3.46. The van der Waals surface area contributed by atoms with E-state index in [0.717, 1.165) is 12.0 Å². The van der Waals surface area contributed by atoms with Crippen LogP contribution in [0.15, 0.2) is 48.5 Å². The van der Waals surface area contributed by atoms with Gasteiger partial charge in [0, 0.05) is 26.7 Å². The topological polar surface area (TPSA) is 59.6 Å². The van der Waals surface area contributed by atoms with Crippen molar-refractivity contribution < 1.29 is 14.3 Å². The average Bonchev–Trinajstić information content (AvgIpc) is 2.59. The number of hydrogen-bond acceptors (Lipinski definition) is 3. The summed E-state index contributed by atoms with van der Waals surface area (Å²) in [5.74, 6) is 0.652. The molecule has 2 rings (SSSR count). The Balaban J connectivity index is 1.85. The van der Waals surface area contributed by atoms with Crippen LogP contribution in [0.2, 0.25) is 0 Å². The minimum absolute atomic E-state index is 0.261. The van der Waals surface area contributed by atoms with Crippen LogP contribution in [0.3, 0.4) is 0 Å². The van der Waals surface area contributed by atoms with Crippen LogP contribution in [-0.4, -0.2) is 26.4 Å². The molecule has 0 atom stereocenters. The third-order valence-corrected chi connectivity index (χ3v) is 3.46. The van der Waals surface area contributed by atoms with E-state index in [1.54, 1.807) is 7.11 Å². The quantitative estimate of drug-likeness (QED) is 0.726. The van der Waals surface area contributed by atoms with Gasteiger partial charge in [0.25, 0.3) is 0 Å². The van der Waals surface area contributed by atoms with Gasteiger partial charge in [0.2, 0.25) is 0 Å². The second-order valence-corrected chi connectivity index (χ2v) is 5.48. The predicted octanol–water partition coefficient (Wildman–Crippen LogP) is 3.73. The zero-order valence-corrected chi connectivity index (χ0v) is 14.2. The summed E-state index contributed by atoms with van der Waals surface area (Å²) in [6.45, 7) is 3.70. The Labute approximate surface area is 143 Å². The van der Waals surface area contributed by atoms with E-state index >= 15 is 0 Å². The molecule has 128 valence electrons. The highest BCUT2D eigenvalue weighted by Gasteiger charge is 2.07. The molecule has 0 saturated carbocycles. The summed E-state index contributed by atoms with van der Waals surface area (Å²) >= 11 is 0. The Bertz CT molecular complexity index is 641. The van der Waals surface area contributed by atoms with Crippen molar-refractivity contribution >= 4 is 11.7 Å². The molecule has 0 bridgehead atoms. The molecular weight excluding hydrogens is 304 g/mol. The number of rotatable bonds is 8. The molecule has 2 aromatic carbocycles. The number of anilines is 1. The lowest BCUT2D eigenvalue weighted by atomic mass is 10.1. The van der Waals surface area contributed by atoms with Crippen molar-refractivity contribution in [3.63, 3.8) is 0 Å². The van der Waals surface area contributed by atoms with Crippen LogP contribution >= 0.6 is 0 Å². The van der Waals surface area contributed by atoms with E-state index in [4.69, 9.17) is 9.47 Å². The molecule has 0 heterocycles. The summed E-state index contributed by atoms with van der Waals surface area (Å²) in [4.78, 5) is 12.1. The van der Waals surface area contributed by atoms with Crippen molar-refractivity contribution in [2.24, 2.45) is 0 Å². The van der Waals surface area contributed by atoms with Crippen LogP contribution in [0, 0.1) is 6.92 Å². The molecule has 0 aliphatic heterocycles. The zero-order valence-electron chi connectivity index (χ0n) is 14.2. The Morgan fingerprint density at radius 3 is 2.54 bits per heavy atom. The minimum Gasteiger partial charge on any atom is -0.491 e. The highest BCUT2D eigenvalue weighted by atomic mass is 16.5. The molecule has 0 aliphatic rings. The van der Waals surface area contributed by atoms with Gasteiger partial charge in [0.1, 0.15) is 5.75 Å². The summed E-state index contributed by atoms with van der Waals surface area (Å²) in [7, 11) is 1.66. The van der Waals surface area contributed by atoms with Crippen LogP contribution in [-0.2, 0) is 11.3 Å². The molecule has 2 amide bonds. The first-order valence-corrected chi connectivity index (χ1v) is 8.00. The zero-order chi connectivity index (χ0) is 17.2. The van der Waals surface area contributed by atoms with Gasteiger partial charge < -0.3 is 20.1 Å². The smallest absolute Gasteiger partial charge is 0.319 e. The van der Waals surface area contributed by atoms with E-state index in [9.17, 15) is 4.79 Å². The number of nitrogens with one attached hydrogen (secondary N) is 2. The highest BCUT2D eigenvalue weighted by Crippen LogP contribution is 2.23. The number of carbonyl (C=O) groups is 1. The highest BCUT2D eigenvalue weighted by molar-refractivity contribution is 5.90. The second-order valence-electron chi connectivity index (χ2n) is 5.48. The number of para-hydroxylation sites is 2. The number of benzene rings is 2. The van der Waals surface area contributed by atoms with Gasteiger partial charge in [-0.3, -0.25) is 0 Å². The largest absolute Gasteiger partial charge is 0.491 e. The minimum atomic E-state index is -0.261. The molecule has 5 heteroatoms. The third kappa shape index (κ3) is 5.93. The van der Waals surface area contributed by atoms with Gasteiger partial charge in [-0.05, 0) is 24.6 Å². The maximum Gasteiger partial charge on any atom is 0.319 e. The molecule has 0 saturated heterocycles.